The SMILES string of the molecule is COc1cc(C)ccc1OC1C=C(C)C(=O)O1. The first-order valence-electron chi connectivity index (χ1n) is 5.31. The van der Waals surface area contributed by atoms with E-state index in [-0.39, 0.29) is 5.97 Å². The fourth-order valence-electron chi connectivity index (χ4n) is 1.56. The van der Waals surface area contributed by atoms with Crippen LogP contribution in [0, 0.1) is 6.92 Å². The zero-order valence-corrected chi connectivity index (χ0v) is 10.0. The predicted molar refractivity (Wildman–Crippen MR) is 62.0 cm³/mol. The van der Waals surface area contributed by atoms with Crippen LogP contribution in [0.5, 0.6) is 11.5 Å². The van der Waals surface area contributed by atoms with Gasteiger partial charge in [0.2, 0.25) is 0 Å². The molecule has 0 bridgehead atoms. The summed E-state index contributed by atoms with van der Waals surface area (Å²) in [4.78, 5) is 11.2. The highest BCUT2D eigenvalue weighted by Crippen LogP contribution is 2.30. The Labute approximate surface area is 99.8 Å². The zero-order valence-electron chi connectivity index (χ0n) is 10.0. The number of carbonyl (C=O) groups excluding carboxylic acids is 1. The van der Waals surface area contributed by atoms with Crippen molar-refractivity contribution in [2.24, 2.45) is 0 Å². The van der Waals surface area contributed by atoms with E-state index in [9.17, 15) is 4.79 Å². The lowest BCUT2D eigenvalue weighted by Crippen LogP contribution is -2.16. The van der Waals surface area contributed by atoms with Crippen LogP contribution in [-0.4, -0.2) is 19.4 Å². The van der Waals surface area contributed by atoms with Crippen LogP contribution in [0.25, 0.3) is 0 Å². The second kappa shape index (κ2) is 4.49. The molecule has 0 aromatic heterocycles. The Bertz CT molecular complexity index is 476. The van der Waals surface area contributed by atoms with Crippen LogP contribution in [0.4, 0.5) is 0 Å². The summed E-state index contributed by atoms with van der Waals surface area (Å²) in [5.41, 5.74) is 1.63. The van der Waals surface area contributed by atoms with E-state index in [0.29, 0.717) is 17.1 Å². The van der Waals surface area contributed by atoms with Crippen molar-refractivity contribution in [1.29, 1.82) is 0 Å². The van der Waals surface area contributed by atoms with Crippen molar-refractivity contribution >= 4 is 5.97 Å². The molecular formula is C13H14O4. The summed E-state index contributed by atoms with van der Waals surface area (Å²) in [5, 5.41) is 0. The van der Waals surface area contributed by atoms with E-state index >= 15 is 0 Å². The number of carbonyl (C=O) groups is 1. The molecule has 0 amide bonds. The van der Waals surface area contributed by atoms with E-state index < -0.39 is 6.29 Å². The van der Waals surface area contributed by atoms with Gasteiger partial charge in [0.05, 0.1) is 7.11 Å². The molecule has 1 heterocycles. The van der Waals surface area contributed by atoms with Crippen LogP contribution in [0.3, 0.4) is 0 Å². The van der Waals surface area contributed by atoms with Gasteiger partial charge in [0.1, 0.15) is 0 Å². The molecule has 17 heavy (non-hydrogen) atoms. The van der Waals surface area contributed by atoms with E-state index in [0.717, 1.165) is 5.56 Å². The van der Waals surface area contributed by atoms with Crippen LogP contribution >= 0.6 is 0 Å². The van der Waals surface area contributed by atoms with Crippen molar-refractivity contribution in [3.8, 4) is 11.5 Å². The monoisotopic (exact) mass is 234 g/mol. The summed E-state index contributed by atoms with van der Waals surface area (Å²) >= 11 is 0. The maximum atomic E-state index is 11.2. The van der Waals surface area contributed by atoms with Crippen molar-refractivity contribution in [1.82, 2.24) is 0 Å². The summed E-state index contributed by atoms with van der Waals surface area (Å²) in [6.45, 7) is 3.66. The number of hydrogen-bond donors (Lipinski definition) is 0. The van der Waals surface area contributed by atoms with Gasteiger partial charge in [-0.2, -0.15) is 0 Å². The molecule has 1 aromatic rings. The Hall–Kier alpha value is -1.97. The first-order chi connectivity index (χ1) is 8.10. The summed E-state index contributed by atoms with van der Waals surface area (Å²) in [5.74, 6) is 0.835. The third-order valence-corrected chi connectivity index (χ3v) is 2.49. The van der Waals surface area contributed by atoms with Crippen LogP contribution in [0.2, 0.25) is 0 Å². The molecule has 0 N–H and O–H groups in total. The summed E-state index contributed by atoms with van der Waals surface area (Å²) < 4.78 is 15.8. The van der Waals surface area contributed by atoms with Gasteiger partial charge in [-0.25, -0.2) is 4.79 Å². The van der Waals surface area contributed by atoms with Gasteiger partial charge in [0, 0.05) is 11.6 Å². The highest BCUT2D eigenvalue weighted by molar-refractivity contribution is 5.90. The molecule has 0 fully saturated rings. The van der Waals surface area contributed by atoms with Crippen LogP contribution in [-0.2, 0) is 9.53 Å². The van der Waals surface area contributed by atoms with Gasteiger partial charge < -0.3 is 14.2 Å². The molecule has 2 rings (SSSR count). The first-order valence-corrected chi connectivity index (χ1v) is 5.31. The molecule has 0 aliphatic carbocycles. The standard InChI is InChI=1S/C13H14O4/c1-8-4-5-10(11(6-8)15-3)16-12-7-9(2)13(14)17-12/h4-7,12H,1-3H3. The van der Waals surface area contributed by atoms with Crippen LogP contribution < -0.4 is 9.47 Å². The summed E-state index contributed by atoms with van der Waals surface area (Å²) in [6.07, 6.45) is 0.973. The number of esters is 1. The largest absolute Gasteiger partial charge is 0.493 e. The number of benzene rings is 1. The number of hydrogen-bond acceptors (Lipinski definition) is 4. The van der Waals surface area contributed by atoms with Gasteiger partial charge in [-0.05, 0) is 31.5 Å². The lowest BCUT2D eigenvalue weighted by atomic mass is 10.2. The molecule has 0 radical (unpaired) electrons. The molecule has 1 atom stereocenters. The molecule has 0 saturated carbocycles. The summed E-state index contributed by atoms with van der Waals surface area (Å²) in [7, 11) is 1.57. The minimum Gasteiger partial charge on any atom is -0.493 e. The van der Waals surface area contributed by atoms with E-state index in [4.69, 9.17) is 14.2 Å². The number of methoxy groups -OCH3 is 1. The smallest absolute Gasteiger partial charge is 0.336 e. The Morgan fingerprint density at radius 1 is 1.24 bits per heavy atom. The lowest BCUT2D eigenvalue weighted by Gasteiger charge is -2.14. The summed E-state index contributed by atoms with van der Waals surface area (Å²) in [6, 6.07) is 5.57. The number of aryl methyl sites for hydroxylation is 1. The maximum Gasteiger partial charge on any atom is 0.336 e. The first kappa shape index (κ1) is 11.5. The van der Waals surface area contributed by atoms with Gasteiger partial charge in [-0.15, -0.1) is 0 Å². The molecule has 4 nitrogen and oxygen atoms in total. The van der Waals surface area contributed by atoms with Crippen LogP contribution in [0.15, 0.2) is 29.8 Å². The Kier molecular flexibility index (Phi) is 3.04. The number of rotatable bonds is 3. The van der Waals surface area contributed by atoms with E-state index in [2.05, 4.69) is 0 Å². The molecule has 1 unspecified atom stereocenters. The Morgan fingerprint density at radius 2 is 2.00 bits per heavy atom. The van der Waals surface area contributed by atoms with Gasteiger partial charge in [0.15, 0.2) is 11.5 Å². The van der Waals surface area contributed by atoms with Crippen molar-refractivity contribution in [2.45, 2.75) is 20.1 Å². The topological polar surface area (TPSA) is 44.8 Å². The highest BCUT2D eigenvalue weighted by Gasteiger charge is 2.24. The second-order valence-electron chi connectivity index (χ2n) is 3.90. The lowest BCUT2D eigenvalue weighted by molar-refractivity contribution is -0.148. The molecule has 4 heteroatoms. The van der Waals surface area contributed by atoms with Crippen LogP contribution in [0.1, 0.15) is 12.5 Å². The minimum absolute atomic E-state index is 0.346. The Morgan fingerprint density at radius 3 is 2.59 bits per heavy atom. The van der Waals surface area contributed by atoms with Gasteiger partial charge in [-0.1, -0.05) is 6.07 Å². The molecule has 1 aromatic carbocycles. The normalized spacial score (nSPS) is 18.6. The molecule has 1 aliphatic rings. The highest BCUT2D eigenvalue weighted by atomic mass is 16.7. The molecular weight excluding hydrogens is 220 g/mol. The molecule has 0 saturated heterocycles. The second-order valence-corrected chi connectivity index (χ2v) is 3.90. The fraction of sp³-hybridized carbons (Fsp3) is 0.308. The maximum absolute atomic E-state index is 11.2. The van der Waals surface area contributed by atoms with Crippen molar-refractivity contribution in [2.75, 3.05) is 7.11 Å². The van der Waals surface area contributed by atoms with Crippen molar-refractivity contribution < 1.29 is 19.0 Å². The van der Waals surface area contributed by atoms with Crippen molar-refractivity contribution in [3.05, 3.63) is 35.4 Å². The Balaban J connectivity index is 2.17. The third-order valence-electron chi connectivity index (χ3n) is 2.49. The zero-order chi connectivity index (χ0) is 12.4. The number of ether oxygens (including phenoxy) is 3. The van der Waals surface area contributed by atoms with E-state index in [1.165, 1.54) is 0 Å². The van der Waals surface area contributed by atoms with Gasteiger partial charge in [-0.3, -0.25) is 0 Å². The third kappa shape index (κ3) is 2.41. The van der Waals surface area contributed by atoms with Gasteiger partial charge in [0.25, 0.3) is 6.29 Å². The van der Waals surface area contributed by atoms with E-state index in [1.54, 1.807) is 26.2 Å². The molecule has 1 aliphatic heterocycles. The van der Waals surface area contributed by atoms with Crippen molar-refractivity contribution in [3.63, 3.8) is 0 Å². The average molecular weight is 234 g/mol. The average Bonchev–Trinajstić information content (AvgIpc) is 2.60. The minimum atomic E-state index is -0.667. The predicted octanol–water partition coefficient (Wildman–Crippen LogP) is 2.21. The van der Waals surface area contributed by atoms with E-state index in [1.807, 2.05) is 19.1 Å². The fourth-order valence-corrected chi connectivity index (χ4v) is 1.56. The van der Waals surface area contributed by atoms with Gasteiger partial charge >= 0.3 is 5.97 Å². The quantitative estimate of drug-likeness (QED) is 0.752. The molecule has 0 spiro atoms. The number of cyclic esters (lactones) is 1. The molecule has 90 valence electrons.